The average molecular weight is 302 g/mol. The fourth-order valence-corrected chi connectivity index (χ4v) is 1.75. The SMILES string of the molecule is Fc1ccccc1Cc1cc(Br)c(Cl)nn1. The first-order chi connectivity index (χ1) is 7.66. The smallest absolute Gasteiger partial charge is 0.165 e. The zero-order valence-electron chi connectivity index (χ0n) is 8.12. The van der Waals surface area contributed by atoms with Gasteiger partial charge >= 0.3 is 0 Å². The second kappa shape index (κ2) is 4.89. The van der Waals surface area contributed by atoms with E-state index in [1.165, 1.54) is 6.07 Å². The first-order valence-corrected chi connectivity index (χ1v) is 5.75. The molecule has 0 amide bonds. The van der Waals surface area contributed by atoms with Crippen LogP contribution in [0.2, 0.25) is 5.15 Å². The lowest BCUT2D eigenvalue weighted by Crippen LogP contribution is -1.97. The van der Waals surface area contributed by atoms with Gasteiger partial charge in [0.2, 0.25) is 0 Å². The lowest BCUT2D eigenvalue weighted by molar-refractivity contribution is 0.612. The third kappa shape index (κ3) is 2.57. The molecule has 1 aromatic carbocycles. The van der Waals surface area contributed by atoms with Gasteiger partial charge in [0.25, 0.3) is 0 Å². The molecule has 0 N–H and O–H groups in total. The Morgan fingerprint density at radius 1 is 1.25 bits per heavy atom. The highest BCUT2D eigenvalue weighted by Gasteiger charge is 2.06. The maximum absolute atomic E-state index is 13.4. The minimum Gasteiger partial charge on any atom is -0.207 e. The summed E-state index contributed by atoms with van der Waals surface area (Å²) in [6.45, 7) is 0. The topological polar surface area (TPSA) is 25.8 Å². The van der Waals surface area contributed by atoms with Gasteiger partial charge in [-0.15, -0.1) is 5.10 Å². The highest BCUT2D eigenvalue weighted by molar-refractivity contribution is 9.10. The van der Waals surface area contributed by atoms with Crippen molar-refractivity contribution in [3.8, 4) is 0 Å². The fourth-order valence-electron chi connectivity index (χ4n) is 1.31. The van der Waals surface area contributed by atoms with Crippen molar-refractivity contribution < 1.29 is 4.39 Å². The molecule has 2 nitrogen and oxygen atoms in total. The monoisotopic (exact) mass is 300 g/mol. The van der Waals surface area contributed by atoms with Crippen molar-refractivity contribution in [3.05, 3.63) is 57.0 Å². The van der Waals surface area contributed by atoms with E-state index >= 15 is 0 Å². The molecule has 0 aliphatic rings. The first-order valence-electron chi connectivity index (χ1n) is 4.58. The molecule has 0 fully saturated rings. The summed E-state index contributed by atoms with van der Waals surface area (Å²) in [7, 11) is 0. The van der Waals surface area contributed by atoms with E-state index < -0.39 is 0 Å². The van der Waals surface area contributed by atoms with Crippen LogP contribution in [0.4, 0.5) is 4.39 Å². The van der Waals surface area contributed by atoms with Crippen molar-refractivity contribution in [2.45, 2.75) is 6.42 Å². The van der Waals surface area contributed by atoms with Gasteiger partial charge in [-0.25, -0.2) is 4.39 Å². The molecular weight excluding hydrogens is 294 g/mol. The van der Waals surface area contributed by atoms with Crippen LogP contribution in [-0.2, 0) is 6.42 Å². The second-order valence-corrected chi connectivity index (χ2v) is 4.45. The molecule has 5 heteroatoms. The standard InChI is InChI=1S/C11H7BrClFN2/c12-9-6-8(15-16-11(9)13)5-7-3-1-2-4-10(7)14/h1-4,6H,5H2. The summed E-state index contributed by atoms with van der Waals surface area (Å²) >= 11 is 8.97. The molecule has 0 aliphatic heterocycles. The molecule has 0 spiro atoms. The lowest BCUT2D eigenvalue weighted by atomic mass is 10.1. The molecule has 1 aromatic heterocycles. The predicted octanol–water partition coefficient (Wildman–Crippen LogP) is 3.62. The van der Waals surface area contributed by atoms with E-state index in [2.05, 4.69) is 26.1 Å². The zero-order chi connectivity index (χ0) is 11.5. The Morgan fingerprint density at radius 2 is 2.00 bits per heavy atom. The Balaban J connectivity index is 2.28. The zero-order valence-corrected chi connectivity index (χ0v) is 10.5. The molecule has 0 bridgehead atoms. The number of hydrogen-bond acceptors (Lipinski definition) is 2. The summed E-state index contributed by atoms with van der Waals surface area (Å²) in [5, 5.41) is 7.95. The van der Waals surface area contributed by atoms with Gasteiger partial charge in [0.15, 0.2) is 5.15 Å². The number of benzene rings is 1. The summed E-state index contributed by atoms with van der Waals surface area (Å²) in [5.41, 5.74) is 1.26. The first kappa shape index (κ1) is 11.5. The largest absolute Gasteiger partial charge is 0.207 e. The van der Waals surface area contributed by atoms with Crippen LogP contribution in [0.3, 0.4) is 0 Å². The van der Waals surface area contributed by atoms with Crippen molar-refractivity contribution in [1.82, 2.24) is 10.2 Å². The number of halogens is 3. The van der Waals surface area contributed by atoms with E-state index in [1.54, 1.807) is 24.3 Å². The van der Waals surface area contributed by atoms with E-state index in [-0.39, 0.29) is 5.82 Å². The van der Waals surface area contributed by atoms with E-state index in [1.807, 2.05) is 0 Å². The van der Waals surface area contributed by atoms with Crippen LogP contribution in [0.25, 0.3) is 0 Å². The third-order valence-electron chi connectivity index (χ3n) is 2.09. The van der Waals surface area contributed by atoms with Crippen molar-refractivity contribution in [2.24, 2.45) is 0 Å². The van der Waals surface area contributed by atoms with Crippen molar-refractivity contribution >= 4 is 27.5 Å². The molecule has 16 heavy (non-hydrogen) atoms. The van der Waals surface area contributed by atoms with Crippen LogP contribution in [0, 0.1) is 5.82 Å². The Kier molecular flexibility index (Phi) is 3.51. The minimum atomic E-state index is -0.240. The Bertz CT molecular complexity index is 519. The van der Waals surface area contributed by atoms with Crippen molar-refractivity contribution in [2.75, 3.05) is 0 Å². The summed E-state index contributed by atoms with van der Waals surface area (Å²) in [5.74, 6) is -0.240. The highest BCUT2D eigenvalue weighted by Crippen LogP contribution is 2.20. The number of rotatable bonds is 2. The molecule has 2 aromatic rings. The van der Waals surface area contributed by atoms with Gasteiger partial charge in [-0.3, -0.25) is 0 Å². The van der Waals surface area contributed by atoms with Gasteiger partial charge in [-0.1, -0.05) is 29.8 Å². The van der Waals surface area contributed by atoms with Crippen LogP contribution in [0.1, 0.15) is 11.3 Å². The Morgan fingerprint density at radius 3 is 2.69 bits per heavy atom. The number of nitrogens with zero attached hydrogens (tertiary/aromatic N) is 2. The molecule has 82 valence electrons. The van der Waals surface area contributed by atoms with Crippen LogP contribution < -0.4 is 0 Å². The van der Waals surface area contributed by atoms with Gasteiger partial charge in [0, 0.05) is 6.42 Å². The molecule has 1 heterocycles. The normalized spacial score (nSPS) is 10.4. The van der Waals surface area contributed by atoms with Gasteiger partial charge in [-0.2, -0.15) is 5.10 Å². The summed E-state index contributed by atoms with van der Waals surface area (Å²) in [6, 6.07) is 8.33. The lowest BCUT2D eigenvalue weighted by Gasteiger charge is -2.02. The van der Waals surface area contributed by atoms with Crippen LogP contribution in [-0.4, -0.2) is 10.2 Å². The summed E-state index contributed by atoms with van der Waals surface area (Å²) in [6.07, 6.45) is 0.398. The maximum Gasteiger partial charge on any atom is 0.165 e. The highest BCUT2D eigenvalue weighted by atomic mass is 79.9. The van der Waals surface area contributed by atoms with Gasteiger partial charge in [0.1, 0.15) is 5.82 Å². The number of aromatic nitrogens is 2. The van der Waals surface area contributed by atoms with Crippen LogP contribution >= 0.6 is 27.5 Å². The molecular formula is C11H7BrClFN2. The van der Waals surface area contributed by atoms with Crippen LogP contribution in [0.15, 0.2) is 34.8 Å². The van der Waals surface area contributed by atoms with Gasteiger partial charge in [-0.05, 0) is 33.6 Å². The number of hydrogen-bond donors (Lipinski definition) is 0. The van der Waals surface area contributed by atoms with Crippen molar-refractivity contribution in [3.63, 3.8) is 0 Å². The molecule has 0 saturated carbocycles. The summed E-state index contributed by atoms with van der Waals surface area (Å²) in [4.78, 5) is 0. The van der Waals surface area contributed by atoms with E-state index in [0.29, 0.717) is 27.3 Å². The minimum absolute atomic E-state index is 0.240. The Hall–Kier alpha value is -1.00. The molecule has 2 rings (SSSR count). The molecule has 0 radical (unpaired) electrons. The molecule has 0 atom stereocenters. The van der Waals surface area contributed by atoms with E-state index in [4.69, 9.17) is 11.6 Å². The van der Waals surface area contributed by atoms with E-state index in [0.717, 1.165) is 0 Å². The molecule has 0 unspecified atom stereocenters. The maximum atomic E-state index is 13.4. The van der Waals surface area contributed by atoms with E-state index in [9.17, 15) is 4.39 Å². The predicted molar refractivity (Wildman–Crippen MR) is 63.9 cm³/mol. The summed E-state index contributed by atoms with van der Waals surface area (Å²) < 4.78 is 14.0. The fraction of sp³-hybridized carbons (Fsp3) is 0.0909. The molecule has 0 aliphatic carbocycles. The van der Waals surface area contributed by atoms with Gasteiger partial charge < -0.3 is 0 Å². The average Bonchev–Trinajstić information content (AvgIpc) is 2.27. The molecule has 0 saturated heterocycles. The quantitative estimate of drug-likeness (QED) is 0.846. The van der Waals surface area contributed by atoms with Crippen LogP contribution in [0.5, 0.6) is 0 Å². The Labute approximate surface area is 106 Å². The third-order valence-corrected chi connectivity index (χ3v) is 3.20. The van der Waals surface area contributed by atoms with Gasteiger partial charge in [0.05, 0.1) is 10.2 Å². The second-order valence-electron chi connectivity index (χ2n) is 3.24. The van der Waals surface area contributed by atoms with Crippen molar-refractivity contribution in [1.29, 1.82) is 0 Å².